The standard InChI is InChI=1S/C13H17NO4S/c1-2-18-12-6-4-3-5-9(12)10-7-19(17)8-11(14-10)13(15)16/h3-6,10-11,14H,2,7-8H2,1H3,(H,15,16). The minimum atomic E-state index is -1.13. The number of hydrogen-bond acceptors (Lipinski definition) is 4. The van der Waals surface area contributed by atoms with Crippen LogP contribution < -0.4 is 10.1 Å². The average molecular weight is 283 g/mol. The summed E-state index contributed by atoms with van der Waals surface area (Å²) >= 11 is 0. The van der Waals surface area contributed by atoms with Crippen LogP contribution in [0.1, 0.15) is 18.5 Å². The van der Waals surface area contributed by atoms with E-state index < -0.39 is 22.8 Å². The van der Waals surface area contributed by atoms with Gasteiger partial charge in [-0.05, 0) is 13.0 Å². The molecule has 2 N–H and O–H groups in total. The predicted octanol–water partition coefficient (Wildman–Crippen LogP) is 0.931. The van der Waals surface area contributed by atoms with Gasteiger partial charge in [-0.25, -0.2) is 0 Å². The van der Waals surface area contributed by atoms with E-state index in [0.717, 1.165) is 5.56 Å². The number of rotatable bonds is 4. The lowest BCUT2D eigenvalue weighted by atomic mass is 10.1. The summed E-state index contributed by atoms with van der Waals surface area (Å²) in [6.45, 7) is 2.43. The second-order valence-electron chi connectivity index (χ2n) is 4.35. The Bertz CT molecular complexity index is 491. The summed E-state index contributed by atoms with van der Waals surface area (Å²) in [7, 11) is -1.13. The van der Waals surface area contributed by atoms with E-state index in [4.69, 9.17) is 9.84 Å². The highest BCUT2D eigenvalue weighted by molar-refractivity contribution is 7.85. The number of carboxylic acids is 1. The fraction of sp³-hybridized carbons (Fsp3) is 0.462. The SMILES string of the molecule is CCOc1ccccc1C1CS(=O)CC(C(=O)O)N1. The van der Waals surface area contributed by atoms with Crippen LogP contribution >= 0.6 is 0 Å². The highest BCUT2D eigenvalue weighted by Crippen LogP contribution is 2.28. The molecule has 0 aromatic heterocycles. The lowest BCUT2D eigenvalue weighted by Gasteiger charge is -2.29. The maximum atomic E-state index is 11.8. The van der Waals surface area contributed by atoms with Crippen molar-refractivity contribution in [3.8, 4) is 5.75 Å². The van der Waals surface area contributed by atoms with Crippen LogP contribution in [0.25, 0.3) is 0 Å². The molecule has 6 heteroatoms. The van der Waals surface area contributed by atoms with E-state index in [1.807, 2.05) is 31.2 Å². The second-order valence-corrected chi connectivity index (χ2v) is 5.90. The highest BCUT2D eigenvalue weighted by Gasteiger charge is 2.32. The number of para-hydroxylation sites is 1. The fourth-order valence-corrected chi connectivity index (χ4v) is 3.55. The second kappa shape index (κ2) is 6.16. The minimum absolute atomic E-state index is 0.155. The maximum Gasteiger partial charge on any atom is 0.321 e. The van der Waals surface area contributed by atoms with E-state index in [1.165, 1.54) is 0 Å². The number of aliphatic carboxylic acids is 1. The molecule has 0 radical (unpaired) electrons. The Kier molecular flexibility index (Phi) is 4.55. The number of nitrogens with one attached hydrogen (secondary N) is 1. The Morgan fingerprint density at radius 3 is 2.89 bits per heavy atom. The van der Waals surface area contributed by atoms with Crippen LogP contribution in [-0.4, -0.2) is 39.4 Å². The summed E-state index contributed by atoms with van der Waals surface area (Å²) in [5, 5.41) is 12.1. The summed E-state index contributed by atoms with van der Waals surface area (Å²) in [5.74, 6) is 0.314. The third-order valence-corrected chi connectivity index (χ3v) is 4.41. The van der Waals surface area contributed by atoms with Crippen molar-refractivity contribution in [1.29, 1.82) is 0 Å². The van der Waals surface area contributed by atoms with Gasteiger partial charge in [0.2, 0.25) is 0 Å². The molecular weight excluding hydrogens is 266 g/mol. The molecule has 3 unspecified atom stereocenters. The van der Waals surface area contributed by atoms with Crippen LogP contribution in [0.3, 0.4) is 0 Å². The molecule has 1 aromatic carbocycles. The van der Waals surface area contributed by atoms with Crippen LogP contribution in [0, 0.1) is 0 Å². The van der Waals surface area contributed by atoms with Gasteiger partial charge in [0.1, 0.15) is 11.8 Å². The van der Waals surface area contributed by atoms with Crippen molar-refractivity contribution in [3.63, 3.8) is 0 Å². The van der Waals surface area contributed by atoms with Crippen LogP contribution in [-0.2, 0) is 15.6 Å². The predicted molar refractivity (Wildman–Crippen MR) is 72.8 cm³/mol. The molecule has 1 aliphatic heterocycles. The Labute approximate surface area is 114 Å². The number of benzene rings is 1. The normalized spacial score (nSPS) is 26.9. The minimum Gasteiger partial charge on any atom is -0.494 e. The first kappa shape index (κ1) is 14.0. The first-order valence-electron chi connectivity index (χ1n) is 6.17. The van der Waals surface area contributed by atoms with E-state index in [9.17, 15) is 9.00 Å². The van der Waals surface area contributed by atoms with E-state index in [-0.39, 0.29) is 11.8 Å². The van der Waals surface area contributed by atoms with E-state index in [2.05, 4.69) is 5.32 Å². The van der Waals surface area contributed by atoms with Gasteiger partial charge < -0.3 is 9.84 Å². The molecule has 5 nitrogen and oxygen atoms in total. The molecule has 1 saturated heterocycles. The Balaban J connectivity index is 2.25. The smallest absolute Gasteiger partial charge is 0.321 e. The molecule has 104 valence electrons. The molecule has 1 fully saturated rings. The van der Waals surface area contributed by atoms with Gasteiger partial charge in [-0.1, -0.05) is 18.2 Å². The summed E-state index contributed by atoms with van der Waals surface area (Å²) < 4.78 is 17.3. The molecule has 0 bridgehead atoms. The Morgan fingerprint density at radius 1 is 1.47 bits per heavy atom. The monoisotopic (exact) mass is 283 g/mol. The Morgan fingerprint density at radius 2 is 2.21 bits per heavy atom. The summed E-state index contributed by atoms with van der Waals surface area (Å²) in [6, 6.07) is 6.43. The molecule has 0 aliphatic carbocycles. The van der Waals surface area contributed by atoms with Crippen molar-refractivity contribution in [2.75, 3.05) is 18.1 Å². The topological polar surface area (TPSA) is 75.6 Å². The van der Waals surface area contributed by atoms with Gasteiger partial charge >= 0.3 is 5.97 Å². The van der Waals surface area contributed by atoms with Crippen LogP contribution in [0.4, 0.5) is 0 Å². The molecule has 0 amide bonds. The van der Waals surface area contributed by atoms with Crippen molar-refractivity contribution >= 4 is 16.8 Å². The van der Waals surface area contributed by atoms with Gasteiger partial charge in [0, 0.05) is 33.9 Å². The molecular formula is C13H17NO4S. The van der Waals surface area contributed by atoms with Gasteiger partial charge in [-0.15, -0.1) is 0 Å². The quantitative estimate of drug-likeness (QED) is 0.860. The molecule has 0 spiro atoms. The third kappa shape index (κ3) is 3.33. The summed E-state index contributed by atoms with van der Waals surface area (Å²) in [4.78, 5) is 11.1. The van der Waals surface area contributed by atoms with Crippen molar-refractivity contribution in [2.24, 2.45) is 0 Å². The zero-order valence-electron chi connectivity index (χ0n) is 10.7. The van der Waals surface area contributed by atoms with Crippen molar-refractivity contribution in [3.05, 3.63) is 29.8 Å². The number of carbonyl (C=O) groups is 1. The van der Waals surface area contributed by atoms with Crippen molar-refractivity contribution < 1.29 is 18.8 Å². The molecule has 0 saturated carbocycles. The number of ether oxygens (including phenoxy) is 1. The van der Waals surface area contributed by atoms with Crippen molar-refractivity contribution in [2.45, 2.75) is 19.0 Å². The molecule has 1 heterocycles. The first-order valence-corrected chi connectivity index (χ1v) is 7.66. The number of hydrogen-bond donors (Lipinski definition) is 2. The van der Waals surface area contributed by atoms with Gasteiger partial charge in [0.15, 0.2) is 0 Å². The average Bonchev–Trinajstić information content (AvgIpc) is 2.39. The summed E-state index contributed by atoms with van der Waals surface area (Å²) in [5.41, 5.74) is 0.864. The summed E-state index contributed by atoms with van der Waals surface area (Å²) in [6.07, 6.45) is 0. The number of carboxylic acid groups (broad SMARTS) is 1. The molecule has 19 heavy (non-hydrogen) atoms. The lowest BCUT2D eigenvalue weighted by Crippen LogP contribution is -2.49. The Hall–Kier alpha value is -1.40. The fourth-order valence-electron chi connectivity index (χ4n) is 2.16. The van der Waals surface area contributed by atoms with E-state index in [1.54, 1.807) is 0 Å². The molecule has 3 atom stereocenters. The zero-order chi connectivity index (χ0) is 13.8. The lowest BCUT2D eigenvalue weighted by molar-refractivity contribution is -0.139. The first-order chi connectivity index (χ1) is 9.11. The van der Waals surface area contributed by atoms with Gasteiger partial charge in [0.05, 0.1) is 6.61 Å². The van der Waals surface area contributed by atoms with Crippen LogP contribution in [0.5, 0.6) is 5.75 Å². The largest absolute Gasteiger partial charge is 0.494 e. The van der Waals surface area contributed by atoms with E-state index in [0.29, 0.717) is 18.1 Å². The van der Waals surface area contributed by atoms with Crippen LogP contribution in [0.15, 0.2) is 24.3 Å². The highest BCUT2D eigenvalue weighted by atomic mass is 32.2. The molecule has 2 rings (SSSR count). The zero-order valence-corrected chi connectivity index (χ0v) is 11.5. The van der Waals surface area contributed by atoms with Gasteiger partial charge in [0.25, 0.3) is 0 Å². The third-order valence-electron chi connectivity index (χ3n) is 3.00. The van der Waals surface area contributed by atoms with Gasteiger partial charge in [-0.2, -0.15) is 0 Å². The molecule has 1 aromatic rings. The van der Waals surface area contributed by atoms with Crippen LogP contribution in [0.2, 0.25) is 0 Å². The van der Waals surface area contributed by atoms with Gasteiger partial charge in [-0.3, -0.25) is 14.3 Å². The van der Waals surface area contributed by atoms with Crippen molar-refractivity contribution in [1.82, 2.24) is 5.32 Å². The van der Waals surface area contributed by atoms with E-state index >= 15 is 0 Å². The molecule has 1 aliphatic rings. The maximum absolute atomic E-state index is 11.8.